The smallest absolute Gasteiger partial charge is 0.122 e. The summed E-state index contributed by atoms with van der Waals surface area (Å²) in [4.78, 5) is 6.53. The Balaban J connectivity index is 1.97. The van der Waals surface area contributed by atoms with Crippen LogP contribution in [0.1, 0.15) is 22.9 Å². The Hall–Kier alpha value is -1.59. The molecule has 0 bridgehead atoms. The van der Waals surface area contributed by atoms with Gasteiger partial charge in [0.2, 0.25) is 0 Å². The average molecular weight is 262 g/mol. The molecule has 0 unspecified atom stereocenters. The fraction of sp³-hybridized carbons (Fsp3) is 0.500. The summed E-state index contributed by atoms with van der Waals surface area (Å²) in [6.07, 6.45) is 3.79. The van der Waals surface area contributed by atoms with Crippen molar-refractivity contribution in [1.29, 1.82) is 0 Å². The van der Waals surface area contributed by atoms with E-state index >= 15 is 0 Å². The molecule has 0 saturated carbocycles. The molecule has 1 N–H and O–H groups in total. The molecular formula is C14H22N4O. The van der Waals surface area contributed by atoms with E-state index in [1.54, 1.807) is 0 Å². The van der Waals surface area contributed by atoms with E-state index in [0.29, 0.717) is 0 Å². The first-order valence-corrected chi connectivity index (χ1v) is 6.47. The summed E-state index contributed by atoms with van der Waals surface area (Å²) < 4.78 is 7.88. The molecule has 2 aromatic heterocycles. The van der Waals surface area contributed by atoms with Gasteiger partial charge in [-0.3, -0.25) is 4.90 Å². The number of furan rings is 1. The lowest BCUT2D eigenvalue weighted by molar-refractivity contribution is 0.274. The van der Waals surface area contributed by atoms with Crippen molar-refractivity contribution in [2.75, 3.05) is 14.1 Å². The van der Waals surface area contributed by atoms with Crippen LogP contribution in [0.5, 0.6) is 0 Å². The summed E-state index contributed by atoms with van der Waals surface area (Å²) in [5.41, 5.74) is 1.20. The maximum atomic E-state index is 5.84. The Morgan fingerprint density at radius 3 is 2.84 bits per heavy atom. The Bertz CT molecular complexity index is 529. The second kappa shape index (κ2) is 6.04. The summed E-state index contributed by atoms with van der Waals surface area (Å²) in [5, 5.41) is 3.11. The largest absolute Gasteiger partial charge is 0.463 e. The van der Waals surface area contributed by atoms with Gasteiger partial charge in [-0.1, -0.05) is 0 Å². The summed E-state index contributed by atoms with van der Waals surface area (Å²) in [6.45, 7) is 4.45. The summed E-state index contributed by atoms with van der Waals surface area (Å²) in [6, 6.07) is 2.11. The minimum Gasteiger partial charge on any atom is -0.463 e. The zero-order valence-electron chi connectivity index (χ0n) is 12.1. The molecule has 5 nitrogen and oxygen atoms in total. The van der Waals surface area contributed by atoms with Crippen LogP contribution in [0.2, 0.25) is 0 Å². The highest BCUT2D eigenvalue weighted by atomic mass is 16.3. The number of nitrogens with zero attached hydrogens (tertiary/aromatic N) is 3. The highest BCUT2D eigenvalue weighted by Gasteiger charge is 2.10. The predicted octanol–water partition coefficient (Wildman–Crippen LogP) is 1.67. The Labute approximate surface area is 114 Å². The Kier molecular flexibility index (Phi) is 4.39. The zero-order valence-corrected chi connectivity index (χ0v) is 12.1. The first kappa shape index (κ1) is 13.8. The zero-order chi connectivity index (χ0) is 13.8. The van der Waals surface area contributed by atoms with Crippen molar-refractivity contribution in [2.45, 2.75) is 26.6 Å². The first-order valence-electron chi connectivity index (χ1n) is 6.47. The van der Waals surface area contributed by atoms with E-state index in [-0.39, 0.29) is 0 Å². The number of hydrogen-bond acceptors (Lipinski definition) is 4. The first-order chi connectivity index (χ1) is 9.10. The average Bonchev–Trinajstić information content (AvgIpc) is 2.88. The molecule has 0 saturated heterocycles. The fourth-order valence-electron chi connectivity index (χ4n) is 2.12. The lowest BCUT2D eigenvalue weighted by Gasteiger charge is -2.14. The lowest BCUT2D eigenvalue weighted by atomic mass is 10.2. The molecule has 2 heterocycles. The van der Waals surface area contributed by atoms with Crippen LogP contribution in [-0.2, 0) is 26.7 Å². The van der Waals surface area contributed by atoms with Gasteiger partial charge in [-0.2, -0.15) is 0 Å². The summed E-state index contributed by atoms with van der Waals surface area (Å²) in [7, 11) is 6.01. The van der Waals surface area contributed by atoms with Crippen molar-refractivity contribution in [2.24, 2.45) is 7.05 Å². The molecule has 0 atom stereocenters. The van der Waals surface area contributed by atoms with Crippen molar-refractivity contribution < 1.29 is 4.42 Å². The molecule has 19 heavy (non-hydrogen) atoms. The molecule has 0 spiro atoms. The van der Waals surface area contributed by atoms with Crippen molar-refractivity contribution in [3.05, 3.63) is 41.4 Å². The number of nitrogens with one attached hydrogen (secondary N) is 1. The molecule has 104 valence electrons. The second-order valence-corrected chi connectivity index (χ2v) is 4.98. The van der Waals surface area contributed by atoms with E-state index in [1.165, 1.54) is 5.56 Å². The van der Waals surface area contributed by atoms with E-state index in [0.717, 1.165) is 37.0 Å². The highest BCUT2D eigenvalue weighted by Crippen LogP contribution is 2.16. The fourth-order valence-corrected chi connectivity index (χ4v) is 2.12. The minimum atomic E-state index is 0.773. The van der Waals surface area contributed by atoms with E-state index in [4.69, 9.17) is 4.42 Å². The van der Waals surface area contributed by atoms with E-state index in [2.05, 4.69) is 35.2 Å². The van der Waals surface area contributed by atoms with Crippen LogP contribution in [0.3, 0.4) is 0 Å². The van der Waals surface area contributed by atoms with Crippen molar-refractivity contribution in [1.82, 2.24) is 19.8 Å². The Morgan fingerprint density at radius 2 is 2.21 bits per heavy atom. The molecule has 5 heteroatoms. The molecule has 0 aliphatic heterocycles. The van der Waals surface area contributed by atoms with Crippen LogP contribution in [0.15, 0.2) is 22.9 Å². The van der Waals surface area contributed by atoms with Crippen molar-refractivity contribution >= 4 is 0 Å². The molecule has 2 aromatic rings. The van der Waals surface area contributed by atoms with Crippen LogP contribution in [0, 0.1) is 6.92 Å². The topological polar surface area (TPSA) is 46.2 Å². The van der Waals surface area contributed by atoms with Gasteiger partial charge in [0.05, 0.1) is 19.6 Å². The second-order valence-electron chi connectivity index (χ2n) is 4.98. The van der Waals surface area contributed by atoms with Gasteiger partial charge in [-0.15, -0.1) is 0 Å². The van der Waals surface area contributed by atoms with Gasteiger partial charge in [-0.25, -0.2) is 4.98 Å². The predicted molar refractivity (Wildman–Crippen MR) is 74.6 cm³/mol. The van der Waals surface area contributed by atoms with Crippen molar-refractivity contribution in [3.8, 4) is 0 Å². The standard InChI is InChI=1S/C14H22N4O/c1-11-7-12(19-13(11)8-15-2)9-17(3)10-14-16-5-6-18(14)4/h5-7,15H,8-10H2,1-4H3. The lowest BCUT2D eigenvalue weighted by Crippen LogP contribution is -2.19. The maximum Gasteiger partial charge on any atom is 0.122 e. The third-order valence-corrected chi connectivity index (χ3v) is 3.17. The molecule has 0 aliphatic carbocycles. The monoisotopic (exact) mass is 262 g/mol. The normalized spacial score (nSPS) is 11.4. The molecule has 0 radical (unpaired) electrons. The molecule has 0 aromatic carbocycles. The van der Waals surface area contributed by atoms with Gasteiger partial charge in [0.25, 0.3) is 0 Å². The third kappa shape index (κ3) is 3.45. The number of imidazole rings is 1. The number of aromatic nitrogens is 2. The highest BCUT2D eigenvalue weighted by molar-refractivity contribution is 5.20. The van der Waals surface area contributed by atoms with Crippen LogP contribution < -0.4 is 5.32 Å². The van der Waals surface area contributed by atoms with E-state index in [1.807, 2.05) is 31.1 Å². The van der Waals surface area contributed by atoms with Gasteiger partial charge in [-0.05, 0) is 32.6 Å². The van der Waals surface area contributed by atoms with Gasteiger partial charge in [0.1, 0.15) is 17.3 Å². The molecule has 2 rings (SSSR count). The summed E-state index contributed by atoms with van der Waals surface area (Å²) in [5.74, 6) is 3.07. The van der Waals surface area contributed by atoms with Crippen LogP contribution in [0.25, 0.3) is 0 Å². The SMILES string of the molecule is CNCc1oc(CN(C)Cc2nccn2C)cc1C. The molecule has 0 fully saturated rings. The van der Waals surface area contributed by atoms with Crippen LogP contribution in [-0.4, -0.2) is 28.5 Å². The van der Waals surface area contributed by atoms with Crippen molar-refractivity contribution in [3.63, 3.8) is 0 Å². The maximum absolute atomic E-state index is 5.84. The minimum absolute atomic E-state index is 0.773. The van der Waals surface area contributed by atoms with Crippen LogP contribution in [0.4, 0.5) is 0 Å². The van der Waals surface area contributed by atoms with E-state index in [9.17, 15) is 0 Å². The molecular weight excluding hydrogens is 240 g/mol. The summed E-state index contributed by atoms with van der Waals surface area (Å²) >= 11 is 0. The molecule has 0 aliphatic rings. The van der Waals surface area contributed by atoms with E-state index < -0.39 is 0 Å². The van der Waals surface area contributed by atoms with Gasteiger partial charge in [0, 0.05) is 19.4 Å². The van der Waals surface area contributed by atoms with Gasteiger partial charge < -0.3 is 14.3 Å². The quantitative estimate of drug-likeness (QED) is 0.860. The van der Waals surface area contributed by atoms with Crippen LogP contribution >= 0.6 is 0 Å². The van der Waals surface area contributed by atoms with Gasteiger partial charge >= 0.3 is 0 Å². The molecule has 0 amide bonds. The third-order valence-electron chi connectivity index (χ3n) is 3.17. The number of aryl methyl sites for hydroxylation is 2. The number of rotatable bonds is 6. The Morgan fingerprint density at radius 1 is 1.42 bits per heavy atom. The number of hydrogen-bond donors (Lipinski definition) is 1. The van der Waals surface area contributed by atoms with Gasteiger partial charge in [0.15, 0.2) is 0 Å².